The summed E-state index contributed by atoms with van der Waals surface area (Å²) in [6.07, 6.45) is 2.73. The van der Waals surface area contributed by atoms with Crippen molar-refractivity contribution in [2.75, 3.05) is 43.5 Å². The molecule has 0 atom stereocenters. The standard InChI is InChI=1S/C24H23ClFN5O2/c1-33-22-8-5-16(25)14-19(22)28-24(32)30-10-3-9-29(12-13-30)23-21-4-2-11-31(21)20-7-6-17(26)15-18(20)27-23/h2,4-8,11,14-15H,3,9-10,12-13H2,1H3,(H,28,32). The molecule has 5 rings (SSSR count). The predicted molar refractivity (Wildman–Crippen MR) is 128 cm³/mol. The summed E-state index contributed by atoms with van der Waals surface area (Å²) in [5, 5.41) is 3.42. The number of fused-ring (bicyclic) bond motifs is 3. The fourth-order valence-corrected chi connectivity index (χ4v) is 4.44. The maximum Gasteiger partial charge on any atom is 0.322 e. The highest BCUT2D eigenvalue weighted by Crippen LogP contribution is 2.29. The van der Waals surface area contributed by atoms with Crippen LogP contribution >= 0.6 is 11.6 Å². The molecule has 33 heavy (non-hydrogen) atoms. The molecule has 170 valence electrons. The van der Waals surface area contributed by atoms with Gasteiger partial charge in [0.2, 0.25) is 0 Å². The number of nitrogens with one attached hydrogen (secondary N) is 1. The third kappa shape index (κ3) is 4.14. The maximum absolute atomic E-state index is 13.9. The molecule has 9 heteroatoms. The average molecular weight is 468 g/mol. The second kappa shape index (κ2) is 8.78. The molecule has 0 bridgehead atoms. The van der Waals surface area contributed by atoms with E-state index in [4.69, 9.17) is 21.3 Å². The molecule has 0 saturated carbocycles. The van der Waals surface area contributed by atoms with Gasteiger partial charge in [-0.3, -0.25) is 0 Å². The number of hydrogen-bond acceptors (Lipinski definition) is 4. The van der Waals surface area contributed by atoms with Gasteiger partial charge in [0.25, 0.3) is 0 Å². The number of nitrogens with zero attached hydrogens (tertiary/aromatic N) is 4. The first-order valence-electron chi connectivity index (χ1n) is 10.7. The van der Waals surface area contributed by atoms with Crippen molar-refractivity contribution in [1.82, 2.24) is 14.3 Å². The van der Waals surface area contributed by atoms with Crippen LogP contribution in [-0.2, 0) is 0 Å². The first-order valence-corrected chi connectivity index (χ1v) is 11.1. The van der Waals surface area contributed by atoms with Gasteiger partial charge in [0.15, 0.2) is 5.82 Å². The lowest BCUT2D eigenvalue weighted by molar-refractivity contribution is 0.215. The highest BCUT2D eigenvalue weighted by atomic mass is 35.5. The van der Waals surface area contributed by atoms with Gasteiger partial charge in [-0.05, 0) is 48.9 Å². The number of urea groups is 1. The van der Waals surface area contributed by atoms with Gasteiger partial charge in [0, 0.05) is 43.5 Å². The molecule has 2 amide bonds. The Morgan fingerprint density at radius 2 is 1.97 bits per heavy atom. The summed E-state index contributed by atoms with van der Waals surface area (Å²) >= 11 is 6.09. The third-order valence-electron chi connectivity index (χ3n) is 5.89. The first kappa shape index (κ1) is 21.3. The Bertz CT molecular complexity index is 1340. The number of carbonyl (C=O) groups excluding carboxylic acids is 1. The Labute approximate surface area is 195 Å². The van der Waals surface area contributed by atoms with E-state index in [0.29, 0.717) is 41.6 Å². The fourth-order valence-electron chi connectivity index (χ4n) is 4.27. The fraction of sp³-hybridized carbons (Fsp3) is 0.250. The zero-order valence-corrected chi connectivity index (χ0v) is 18.8. The summed E-state index contributed by atoms with van der Waals surface area (Å²) in [5.74, 6) is 1.02. The van der Waals surface area contributed by atoms with Gasteiger partial charge in [0.05, 0.1) is 29.3 Å². The lowest BCUT2D eigenvalue weighted by atomic mass is 10.2. The van der Waals surface area contributed by atoms with Crippen molar-refractivity contribution in [2.45, 2.75) is 6.42 Å². The minimum Gasteiger partial charge on any atom is -0.495 e. The molecule has 0 radical (unpaired) electrons. The predicted octanol–water partition coefficient (Wildman–Crippen LogP) is 5.03. The van der Waals surface area contributed by atoms with Crippen molar-refractivity contribution in [3.05, 3.63) is 65.6 Å². The Hall–Kier alpha value is -3.52. The molecule has 1 fully saturated rings. The summed E-state index contributed by atoms with van der Waals surface area (Å²) in [5.41, 5.74) is 2.94. The summed E-state index contributed by atoms with van der Waals surface area (Å²) in [7, 11) is 1.55. The number of benzene rings is 2. The van der Waals surface area contributed by atoms with Crippen molar-refractivity contribution >= 4 is 45.7 Å². The van der Waals surface area contributed by atoms with Crippen LogP contribution < -0.4 is 15.0 Å². The Morgan fingerprint density at radius 1 is 1.09 bits per heavy atom. The molecule has 4 aromatic rings. The average Bonchev–Trinajstić information content (AvgIpc) is 3.16. The number of carbonyl (C=O) groups is 1. The largest absolute Gasteiger partial charge is 0.495 e. The van der Waals surface area contributed by atoms with E-state index >= 15 is 0 Å². The molecule has 3 heterocycles. The second-order valence-electron chi connectivity index (χ2n) is 7.93. The van der Waals surface area contributed by atoms with E-state index in [0.717, 1.165) is 29.8 Å². The molecule has 0 aliphatic carbocycles. The van der Waals surface area contributed by atoms with E-state index in [9.17, 15) is 9.18 Å². The summed E-state index contributed by atoms with van der Waals surface area (Å²) in [6, 6.07) is 13.5. The minimum absolute atomic E-state index is 0.209. The van der Waals surface area contributed by atoms with E-state index in [-0.39, 0.29) is 11.8 Å². The lowest BCUT2D eigenvalue weighted by Gasteiger charge is -2.24. The van der Waals surface area contributed by atoms with Gasteiger partial charge >= 0.3 is 6.03 Å². The van der Waals surface area contributed by atoms with Crippen molar-refractivity contribution in [3.63, 3.8) is 0 Å². The third-order valence-corrected chi connectivity index (χ3v) is 6.12. The van der Waals surface area contributed by atoms with Crippen molar-refractivity contribution in [2.24, 2.45) is 0 Å². The van der Waals surface area contributed by atoms with Crippen molar-refractivity contribution < 1.29 is 13.9 Å². The SMILES string of the molecule is COc1ccc(Cl)cc1NC(=O)N1CCCN(c2nc3cc(F)ccc3n3cccc23)CC1. The maximum atomic E-state index is 13.9. The number of hydrogen-bond donors (Lipinski definition) is 1. The topological polar surface area (TPSA) is 62.1 Å². The molecule has 0 unspecified atom stereocenters. The molecular weight excluding hydrogens is 445 g/mol. The number of halogens is 2. The van der Waals surface area contributed by atoms with Crippen LogP contribution in [0.4, 0.5) is 20.7 Å². The number of aromatic nitrogens is 2. The van der Waals surface area contributed by atoms with Crippen LogP contribution in [0.5, 0.6) is 5.75 Å². The molecule has 0 spiro atoms. The van der Waals surface area contributed by atoms with Crippen LogP contribution in [0, 0.1) is 5.82 Å². The van der Waals surface area contributed by atoms with E-state index in [1.165, 1.54) is 12.1 Å². The highest BCUT2D eigenvalue weighted by molar-refractivity contribution is 6.31. The summed E-state index contributed by atoms with van der Waals surface area (Å²) in [4.78, 5) is 21.7. The second-order valence-corrected chi connectivity index (χ2v) is 8.37. The van der Waals surface area contributed by atoms with E-state index in [1.54, 1.807) is 36.3 Å². The number of anilines is 2. The van der Waals surface area contributed by atoms with Crippen molar-refractivity contribution in [3.8, 4) is 5.75 Å². The van der Waals surface area contributed by atoms with Crippen LogP contribution in [0.2, 0.25) is 5.02 Å². The first-order chi connectivity index (χ1) is 16.0. The summed E-state index contributed by atoms with van der Waals surface area (Å²) < 4.78 is 21.2. The van der Waals surface area contributed by atoms with Crippen LogP contribution in [0.1, 0.15) is 6.42 Å². The van der Waals surface area contributed by atoms with Gasteiger partial charge in [-0.15, -0.1) is 0 Å². The van der Waals surface area contributed by atoms with Crippen LogP contribution in [0.3, 0.4) is 0 Å². The van der Waals surface area contributed by atoms with Crippen molar-refractivity contribution in [1.29, 1.82) is 0 Å². The molecule has 1 aliphatic heterocycles. The van der Waals surface area contributed by atoms with Gasteiger partial charge in [-0.25, -0.2) is 14.2 Å². The Balaban J connectivity index is 1.37. The monoisotopic (exact) mass is 467 g/mol. The zero-order valence-electron chi connectivity index (χ0n) is 18.1. The van der Waals surface area contributed by atoms with Gasteiger partial charge in [-0.2, -0.15) is 0 Å². The minimum atomic E-state index is -0.317. The molecular formula is C24H23ClFN5O2. The number of ether oxygens (including phenoxy) is 1. The van der Waals surface area contributed by atoms with Gasteiger partial charge < -0.3 is 24.3 Å². The number of rotatable bonds is 3. The van der Waals surface area contributed by atoms with Gasteiger partial charge in [0.1, 0.15) is 11.6 Å². The zero-order chi connectivity index (χ0) is 22.9. The van der Waals surface area contributed by atoms with E-state index in [1.807, 2.05) is 22.7 Å². The highest BCUT2D eigenvalue weighted by Gasteiger charge is 2.23. The lowest BCUT2D eigenvalue weighted by Crippen LogP contribution is -2.38. The quantitative estimate of drug-likeness (QED) is 0.459. The molecule has 1 saturated heterocycles. The molecule has 1 N–H and O–H groups in total. The molecule has 2 aromatic carbocycles. The summed E-state index contributed by atoms with van der Waals surface area (Å²) in [6.45, 7) is 2.46. The number of amides is 2. The molecule has 7 nitrogen and oxygen atoms in total. The van der Waals surface area contributed by atoms with Gasteiger partial charge in [-0.1, -0.05) is 11.6 Å². The number of methoxy groups -OCH3 is 1. The molecule has 2 aromatic heterocycles. The van der Waals surface area contributed by atoms with E-state index < -0.39 is 0 Å². The Morgan fingerprint density at radius 3 is 2.82 bits per heavy atom. The molecule has 1 aliphatic rings. The smallest absolute Gasteiger partial charge is 0.322 e. The van der Waals surface area contributed by atoms with Crippen LogP contribution in [0.25, 0.3) is 16.6 Å². The van der Waals surface area contributed by atoms with Crippen LogP contribution in [0.15, 0.2) is 54.7 Å². The van der Waals surface area contributed by atoms with E-state index in [2.05, 4.69) is 10.2 Å². The Kier molecular flexibility index (Phi) is 5.68. The van der Waals surface area contributed by atoms with Crippen LogP contribution in [-0.4, -0.2) is 53.6 Å². The normalized spacial score (nSPS) is 14.5.